The Hall–Kier alpha value is -3.13. The van der Waals surface area contributed by atoms with Gasteiger partial charge in [0.1, 0.15) is 12.1 Å². The molecule has 6 nitrogen and oxygen atoms in total. The number of hydrogen-bond acceptors (Lipinski definition) is 5. The van der Waals surface area contributed by atoms with E-state index in [1.165, 1.54) is 23.7 Å². The number of amides is 1. The Labute approximate surface area is 152 Å². The standard InChI is InChI=1S/C18H14FN5OS/c1-10-8-12(6-7-14(10)24-9-20-22-23-24)21-18(25)17-11(2)16-13(19)4-3-5-15(16)26-17/h3-9H,1-2H3,(H,21,25). The van der Waals surface area contributed by atoms with Crippen LogP contribution in [0.1, 0.15) is 20.8 Å². The van der Waals surface area contributed by atoms with Gasteiger partial charge >= 0.3 is 0 Å². The summed E-state index contributed by atoms with van der Waals surface area (Å²) >= 11 is 1.29. The third-order valence-corrected chi connectivity index (χ3v) is 5.42. The quantitative estimate of drug-likeness (QED) is 0.596. The number of carbonyl (C=O) groups is 1. The van der Waals surface area contributed by atoms with Crippen LogP contribution in [0.25, 0.3) is 15.8 Å². The molecule has 2 heterocycles. The van der Waals surface area contributed by atoms with E-state index in [-0.39, 0.29) is 11.7 Å². The van der Waals surface area contributed by atoms with E-state index in [0.717, 1.165) is 16.0 Å². The molecule has 26 heavy (non-hydrogen) atoms. The Kier molecular flexibility index (Phi) is 3.96. The zero-order valence-electron chi connectivity index (χ0n) is 14.0. The number of thiophene rings is 1. The minimum Gasteiger partial charge on any atom is -0.321 e. The minimum absolute atomic E-state index is 0.252. The van der Waals surface area contributed by atoms with Crippen molar-refractivity contribution in [2.45, 2.75) is 13.8 Å². The molecule has 1 amide bonds. The lowest BCUT2D eigenvalue weighted by atomic mass is 10.1. The van der Waals surface area contributed by atoms with Gasteiger partial charge in [0.25, 0.3) is 5.91 Å². The van der Waals surface area contributed by atoms with E-state index >= 15 is 0 Å². The number of hydrogen-bond donors (Lipinski definition) is 1. The van der Waals surface area contributed by atoms with Crippen LogP contribution in [0, 0.1) is 19.7 Å². The SMILES string of the molecule is Cc1cc(NC(=O)c2sc3cccc(F)c3c2C)ccc1-n1cnnn1. The highest BCUT2D eigenvalue weighted by atomic mass is 32.1. The molecule has 0 fully saturated rings. The Bertz CT molecular complexity index is 1120. The first kappa shape index (κ1) is 16.3. The summed E-state index contributed by atoms with van der Waals surface area (Å²) in [6.07, 6.45) is 1.51. The van der Waals surface area contributed by atoms with Crippen molar-refractivity contribution >= 4 is 33.0 Å². The number of aromatic nitrogens is 4. The minimum atomic E-state index is -0.308. The number of aryl methyl sites for hydroxylation is 2. The number of halogens is 1. The highest BCUT2D eigenvalue weighted by molar-refractivity contribution is 7.21. The number of anilines is 1. The van der Waals surface area contributed by atoms with Gasteiger partial charge in [0, 0.05) is 15.8 Å². The molecule has 0 saturated carbocycles. The van der Waals surface area contributed by atoms with E-state index in [2.05, 4.69) is 20.8 Å². The maximum absolute atomic E-state index is 14.0. The Balaban J connectivity index is 1.64. The molecule has 0 radical (unpaired) electrons. The highest BCUT2D eigenvalue weighted by Gasteiger charge is 2.18. The zero-order valence-corrected chi connectivity index (χ0v) is 14.8. The fourth-order valence-electron chi connectivity index (χ4n) is 2.92. The molecule has 2 aromatic heterocycles. The second kappa shape index (κ2) is 6.30. The van der Waals surface area contributed by atoms with Crippen LogP contribution in [0.5, 0.6) is 0 Å². The van der Waals surface area contributed by atoms with E-state index in [4.69, 9.17) is 0 Å². The molecule has 8 heteroatoms. The highest BCUT2D eigenvalue weighted by Crippen LogP contribution is 2.33. The van der Waals surface area contributed by atoms with Crippen LogP contribution in [0.3, 0.4) is 0 Å². The molecule has 4 aromatic rings. The predicted octanol–water partition coefficient (Wildman–Crippen LogP) is 3.89. The summed E-state index contributed by atoms with van der Waals surface area (Å²) in [5, 5.41) is 14.5. The van der Waals surface area contributed by atoms with Crippen molar-refractivity contribution in [1.29, 1.82) is 0 Å². The van der Waals surface area contributed by atoms with Crippen LogP contribution in [-0.4, -0.2) is 26.1 Å². The van der Waals surface area contributed by atoms with Crippen LogP contribution in [-0.2, 0) is 0 Å². The van der Waals surface area contributed by atoms with Gasteiger partial charge in [-0.15, -0.1) is 16.4 Å². The van der Waals surface area contributed by atoms with Gasteiger partial charge in [-0.25, -0.2) is 9.07 Å². The van der Waals surface area contributed by atoms with Gasteiger partial charge < -0.3 is 5.32 Å². The van der Waals surface area contributed by atoms with E-state index < -0.39 is 0 Å². The van der Waals surface area contributed by atoms with Crippen LogP contribution in [0.4, 0.5) is 10.1 Å². The number of nitrogens with one attached hydrogen (secondary N) is 1. The molecule has 4 rings (SSSR count). The molecule has 0 aliphatic rings. The molecule has 0 atom stereocenters. The van der Waals surface area contributed by atoms with Crippen molar-refractivity contribution in [3.05, 3.63) is 64.5 Å². The van der Waals surface area contributed by atoms with Crippen molar-refractivity contribution in [1.82, 2.24) is 20.2 Å². The average Bonchev–Trinajstić information content (AvgIpc) is 3.24. The van der Waals surface area contributed by atoms with Gasteiger partial charge in [0.05, 0.1) is 10.6 Å². The lowest BCUT2D eigenvalue weighted by molar-refractivity contribution is 0.103. The molecule has 0 saturated heterocycles. The second-order valence-electron chi connectivity index (χ2n) is 5.88. The van der Waals surface area contributed by atoms with Crippen molar-refractivity contribution in [3.8, 4) is 5.69 Å². The first-order chi connectivity index (χ1) is 12.5. The summed E-state index contributed by atoms with van der Waals surface area (Å²) in [4.78, 5) is 13.2. The first-order valence-corrected chi connectivity index (χ1v) is 8.69. The van der Waals surface area contributed by atoms with Gasteiger partial charge in [-0.2, -0.15) is 0 Å². The normalized spacial score (nSPS) is 11.0. The predicted molar refractivity (Wildman–Crippen MR) is 98.4 cm³/mol. The second-order valence-corrected chi connectivity index (χ2v) is 6.93. The third kappa shape index (κ3) is 2.74. The summed E-state index contributed by atoms with van der Waals surface area (Å²) in [7, 11) is 0. The molecule has 0 spiro atoms. The van der Waals surface area contributed by atoms with Crippen LogP contribution in [0.2, 0.25) is 0 Å². The number of nitrogens with zero attached hydrogens (tertiary/aromatic N) is 4. The number of benzene rings is 2. The Morgan fingerprint density at radius 3 is 2.77 bits per heavy atom. The van der Waals surface area contributed by atoms with Gasteiger partial charge in [-0.05, 0) is 65.7 Å². The van der Waals surface area contributed by atoms with Crippen molar-refractivity contribution in [2.24, 2.45) is 0 Å². The number of carbonyl (C=O) groups excluding carboxylic acids is 1. The third-order valence-electron chi connectivity index (χ3n) is 4.16. The summed E-state index contributed by atoms with van der Waals surface area (Å²) < 4.78 is 16.4. The van der Waals surface area contributed by atoms with E-state index in [9.17, 15) is 9.18 Å². The molecule has 0 bridgehead atoms. The van der Waals surface area contributed by atoms with Crippen molar-refractivity contribution in [2.75, 3.05) is 5.32 Å². The maximum Gasteiger partial charge on any atom is 0.266 e. The van der Waals surface area contributed by atoms with E-state index in [1.54, 1.807) is 23.7 Å². The number of tetrazole rings is 1. The summed E-state index contributed by atoms with van der Waals surface area (Å²) in [5.41, 5.74) is 3.05. The summed E-state index contributed by atoms with van der Waals surface area (Å²) in [6.45, 7) is 3.68. The first-order valence-electron chi connectivity index (χ1n) is 7.87. The van der Waals surface area contributed by atoms with Crippen LogP contribution in [0.15, 0.2) is 42.7 Å². The fraction of sp³-hybridized carbons (Fsp3) is 0.111. The molecule has 130 valence electrons. The van der Waals surface area contributed by atoms with E-state index in [0.29, 0.717) is 21.5 Å². The molecule has 2 aromatic carbocycles. The molecular formula is C18H14FN5OS. The van der Waals surface area contributed by atoms with Gasteiger partial charge in [-0.1, -0.05) is 6.07 Å². The molecular weight excluding hydrogens is 353 g/mol. The number of fused-ring (bicyclic) bond motifs is 1. The smallest absolute Gasteiger partial charge is 0.266 e. The maximum atomic E-state index is 14.0. The van der Waals surface area contributed by atoms with Gasteiger partial charge in [0.2, 0.25) is 0 Å². The lowest BCUT2D eigenvalue weighted by Gasteiger charge is -2.09. The monoisotopic (exact) mass is 367 g/mol. The largest absolute Gasteiger partial charge is 0.321 e. The van der Waals surface area contributed by atoms with Gasteiger partial charge in [-0.3, -0.25) is 4.79 Å². The Morgan fingerprint density at radius 2 is 2.08 bits per heavy atom. The van der Waals surface area contributed by atoms with Crippen LogP contribution < -0.4 is 5.32 Å². The lowest BCUT2D eigenvalue weighted by Crippen LogP contribution is -2.12. The topological polar surface area (TPSA) is 72.7 Å². The molecule has 1 N–H and O–H groups in total. The average molecular weight is 367 g/mol. The molecule has 0 aliphatic heterocycles. The summed E-state index contributed by atoms with van der Waals surface area (Å²) in [5.74, 6) is -0.561. The Morgan fingerprint density at radius 1 is 1.23 bits per heavy atom. The van der Waals surface area contributed by atoms with Gasteiger partial charge in [0.15, 0.2) is 0 Å². The molecule has 0 unspecified atom stereocenters. The van der Waals surface area contributed by atoms with E-state index in [1.807, 2.05) is 25.1 Å². The van der Waals surface area contributed by atoms with Crippen molar-refractivity contribution < 1.29 is 9.18 Å². The van der Waals surface area contributed by atoms with Crippen LogP contribution >= 0.6 is 11.3 Å². The number of rotatable bonds is 3. The molecule has 0 aliphatic carbocycles. The summed E-state index contributed by atoms with van der Waals surface area (Å²) in [6, 6.07) is 10.3. The fourth-order valence-corrected chi connectivity index (χ4v) is 4.04. The van der Waals surface area contributed by atoms with Crippen molar-refractivity contribution in [3.63, 3.8) is 0 Å². The zero-order chi connectivity index (χ0) is 18.3.